The number of carboxylic acids is 3. The van der Waals surface area contributed by atoms with Crippen LogP contribution in [0.5, 0.6) is 0 Å². The van der Waals surface area contributed by atoms with Crippen molar-refractivity contribution in [3.05, 3.63) is 0 Å². The van der Waals surface area contributed by atoms with E-state index in [4.69, 9.17) is 32.5 Å². The molecule has 0 saturated carbocycles. The Bertz CT molecular complexity index is 815. The third-order valence-electron chi connectivity index (χ3n) is 4.39. The zero-order chi connectivity index (χ0) is 27.1. The molecule has 0 rings (SSSR count). The second-order valence-electron chi connectivity index (χ2n) is 7.29. The number of hydrogen-bond acceptors (Lipinski definition) is 9. The summed E-state index contributed by atoms with van der Waals surface area (Å²) >= 11 is 0. The van der Waals surface area contributed by atoms with E-state index in [0.717, 1.165) is 0 Å². The molecule has 17 nitrogen and oxygen atoms in total. The summed E-state index contributed by atoms with van der Waals surface area (Å²) in [6.07, 6.45) is -1.45. The van der Waals surface area contributed by atoms with E-state index >= 15 is 0 Å². The number of amides is 3. The van der Waals surface area contributed by atoms with Crippen LogP contribution in [0, 0.1) is 0 Å². The van der Waals surface area contributed by atoms with Crippen molar-refractivity contribution in [3.8, 4) is 0 Å². The smallest absolute Gasteiger partial charge is 0.326 e. The van der Waals surface area contributed by atoms with E-state index in [9.17, 15) is 33.9 Å². The van der Waals surface area contributed by atoms with Gasteiger partial charge in [-0.3, -0.25) is 29.0 Å². The van der Waals surface area contributed by atoms with E-state index in [-0.39, 0.29) is 31.8 Å². The van der Waals surface area contributed by atoms with Crippen LogP contribution in [0.15, 0.2) is 4.99 Å². The number of aliphatic hydroxyl groups excluding tert-OH is 1. The van der Waals surface area contributed by atoms with Gasteiger partial charge in [-0.25, -0.2) is 4.79 Å². The van der Waals surface area contributed by atoms with Gasteiger partial charge in [0.15, 0.2) is 5.96 Å². The number of rotatable bonds is 17. The van der Waals surface area contributed by atoms with Gasteiger partial charge in [0.1, 0.15) is 18.1 Å². The van der Waals surface area contributed by atoms with E-state index in [2.05, 4.69) is 15.6 Å². The summed E-state index contributed by atoms with van der Waals surface area (Å²) in [6.45, 7) is -0.907. The van der Waals surface area contributed by atoms with Gasteiger partial charge in [-0.15, -0.1) is 0 Å². The predicted molar refractivity (Wildman–Crippen MR) is 118 cm³/mol. The summed E-state index contributed by atoms with van der Waals surface area (Å²) in [6, 6.07) is -6.09. The van der Waals surface area contributed by atoms with Gasteiger partial charge >= 0.3 is 17.9 Å². The number of aliphatic hydroxyl groups is 1. The molecule has 0 aliphatic carbocycles. The molecule has 4 unspecified atom stereocenters. The van der Waals surface area contributed by atoms with Crippen molar-refractivity contribution in [3.63, 3.8) is 0 Å². The molecule has 0 aromatic rings. The highest BCUT2D eigenvalue weighted by molar-refractivity contribution is 5.94. The van der Waals surface area contributed by atoms with Gasteiger partial charge in [0.25, 0.3) is 0 Å². The molecule has 0 aromatic carbocycles. The van der Waals surface area contributed by atoms with Gasteiger partial charge in [0.2, 0.25) is 17.7 Å². The first kappa shape index (κ1) is 31.0. The molecule has 0 spiro atoms. The fraction of sp³-hybridized carbons (Fsp3) is 0.611. The summed E-state index contributed by atoms with van der Waals surface area (Å²) in [4.78, 5) is 73.6. The fourth-order valence-corrected chi connectivity index (χ4v) is 2.57. The van der Waals surface area contributed by atoms with Crippen molar-refractivity contribution in [2.24, 2.45) is 22.2 Å². The normalized spacial score (nSPS) is 13.9. The third kappa shape index (κ3) is 13.3. The molecular weight excluding hydrogens is 474 g/mol. The van der Waals surface area contributed by atoms with Crippen LogP contribution in [0.3, 0.4) is 0 Å². The van der Waals surface area contributed by atoms with Crippen molar-refractivity contribution >= 4 is 41.6 Å². The fourth-order valence-electron chi connectivity index (χ4n) is 2.57. The number of carbonyl (C=O) groups excluding carboxylic acids is 3. The highest BCUT2D eigenvalue weighted by atomic mass is 16.4. The molecule has 198 valence electrons. The summed E-state index contributed by atoms with van der Waals surface area (Å²) in [5, 5.41) is 42.3. The summed E-state index contributed by atoms with van der Waals surface area (Å²) in [7, 11) is 0. The Morgan fingerprint density at radius 2 is 1.31 bits per heavy atom. The third-order valence-corrected chi connectivity index (χ3v) is 4.39. The standard InChI is InChI=1S/C18H31N7O10/c19-8(3-4-12(27)28)14(31)23-9(2-1-5-22-18(20)21)15(32)25-11(7-26)16(33)24-10(17(34)35)6-13(29)30/h8-11,26H,1-7,19H2,(H,23,31)(H,24,33)(H,25,32)(H,27,28)(H,29,30)(H,34,35)(H4,20,21,22). The topological polar surface area (TPSA) is 310 Å². The highest BCUT2D eigenvalue weighted by Gasteiger charge is 2.30. The van der Waals surface area contributed by atoms with Crippen molar-refractivity contribution in [1.29, 1.82) is 0 Å². The maximum Gasteiger partial charge on any atom is 0.326 e. The molecule has 3 amide bonds. The molecule has 17 heteroatoms. The summed E-state index contributed by atoms with van der Waals surface area (Å²) in [5.41, 5.74) is 16.1. The maximum atomic E-state index is 12.7. The van der Waals surface area contributed by atoms with Crippen LogP contribution in [0.4, 0.5) is 0 Å². The monoisotopic (exact) mass is 505 g/mol. The molecule has 0 saturated heterocycles. The number of carboxylic acid groups (broad SMARTS) is 3. The van der Waals surface area contributed by atoms with Crippen molar-refractivity contribution in [1.82, 2.24) is 16.0 Å². The SMILES string of the molecule is NC(N)=NCCCC(NC(=O)C(N)CCC(=O)O)C(=O)NC(CO)C(=O)NC(CC(=O)O)C(=O)O. The minimum atomic E-state index is -1.83. The Morgan fingerprint density at radius 1 is 0.771 bits per heavy atom. The average molecular weight is 505 g/mol. The number of hydrogen-bond donors (Lipinski definition) is 10. The van der Waals surface area contributed by atoms with Gasteiger partial charge in [-0.2, -0.15) is 0 Å². The number of aliphatic carboxylic acids is 3. The Morgan fingerprint density at radius 3 is 1.80 bits per heavy atom. The number of nitrogens with zero attached hydrogens (tertiary/aromatic N) is 1. The minimum Gasteiger partial charge on any atom is -0.481 e. The second kappa shape index (κ2) is 15.8. The lowest BCUT2D eigenvalue weighted by Crippen LogP contribution is -2.58. The first-order valence-electron chi connectivity index (χ1n) is 10.3. The number of nitrogens with two attached hydrogens (primary N) is 3. The lowest BCUT2D eigenvalue weighted by molar-refractivity contribution is -0.147. The van der Waals surface area contributed by atoms with Crippen LogP contribution in [0.25, 0.3) is 0 Å². The average Bonchev–Trinajstić information content (AvgIpc) is 2.76. The van der Waals surface area contributed by atoms with E-state index in [1.54, 1.807) is 0 Å². The first-order valence-corrected chi connectivity index (χ1v) is 10.3. The van der Waals surface area contributed by atoms with Gasteiger partial charge < -0.3 is 53.6 Å². The molecule has 0 aromatic heterocycles. The number of nitrogens with one attached hydrogen (secondary N) is 3. The van der Waals surface area contributed by atoms with Crippen LogP contribution in [-0.2, 0) is 28.8 Å². The van der Waals surface area contributed by atoms with E-state index in [1.165, 1.54) is 0 Å². The van der Waals surface area contributed by atoms with E-state index in [1.807, 2.05) is 5.32 Å². The largest absolute Gasteiger partial charge is 0.481 e. The lowest BCUT2D eigenvalue weighted by Gasteiger charge is -2.24. The zero-order valence-electron chi connectivity index (χ0n) is 18.7. The summed E-state index contributed by atoms with van der Waals surface area (Å²) < 4.78 is 0. The highest BCUT2D eigenvalue weighted by Crippen LogP contribution is 2.03. The number of carbonyl (C=O) groups is 6. The predicted octanol–water partition coefficient (Wildman–Crippen LogP) is -4.76. The van der Waals surface area contributed by atoms with Crippen molar-refractivity contribution in [2.75, 3.05) is 13.2 Å². The van der Waals surface area contributed by atoms with Gasteiger partial charge in [0, 0.05) is 13.0 Å². The number of guanidine groups is 1. The van der Waals surface area contributed by atoms with Crippen LogP contribution >= 0.6 is 0 Å². The van der Waals surface area contributed by atoms with Crippen molar-refractivity contribution < 1.29 is 49.2 Å². The van der Waals surface area contributed by atoms with E-state index < -0.39 is 79.2 Å². The minimum absolute atomic E-state index is 0.0590. The Hall–Kier alpha value is -3.99. The maximum absolute atomic E-state index is 12.7. The van der Waals surface area contributed by atoms with Crippen LogP contribution < -0.4 is 33.2 Å². The van der Waals surface area contributed by atoms with E-state index in [0.29, 0.717) is 0 Å². The van der Waals surface area contributed by atoms with Gasteiger partial charge in [0.05, 0.1) is 19.1 Å². The molecular formula is C18H31N7O10. The zero-order valence-corrected chi connectivity index (χ0v) is 18.7. The molecule has 0 aliphatic rings. The lowest BCUT2D eigenvalue weighted by atomic mass is 10.1. The Balaban J connectivity index is 5.38. The van der Waals surface area contributed by atoms with Crippen LogP contribution in [0.2, 0.25) is 0 Å². The molecule has 13 N–H and O–H groups in total. The van der Waals surface area contributed by atoms with Crippen LogP contribution in [0.1, 0.15) is 32.1 Å². The molecule has 0 fully saturated rings. The molecule has 35 heavy (non-hydrogen) atoms. The molecule has 0 bridgehead atoms. The Labute approximate surface area is 199 Å². The molecule has 4 atom stereocenters. The Kier molecular flexibility index (Phi) is 14.0. The molecule has 0 radical (unpaired) electrons. The van der Waals surface area contributed by atoms with Crippen molar-refractivity contribution in [2.45, 2.75) is 56.3 Å². The molecule has 0 heterocycles. The number of aliphatic imine (C=N–C) groups is 1. The molecule has 0 aliphatic heterocycles. The van der Waals surface area contributed by atoms with Gasteiger partial charge in [-0.1, -0.05) is 0 Å². The van der Waals surface area contributed by atoms with Crippen LogP contribution in [-0.4, -0.2) is 99.3 Å². The summed E-state index contributed by atoms with van der Waals surface area (Å²) in [5.74, 6) is -7.55. The second-order valence-corrected chi connectivity index (χ2v) is 7.29. The quantitative estimate of drug-likeness (QED) is 0.0504. The van der Waals surface area contributed by atoms with Gasteiger partial charge in [-0.05, 0) is 19.3 Å². The first-order chi connectivity index (χ1) is 16.3.